The number of halogens is 12. The second kappa shape index (κ2) is 37.4. The largest absolute Gasteiger partial charge is 0.495 e. The van der Waals surface area contributed by atoms with Crippen molar-refractivity contribution in [3.8, 4) is 52.8 Å². The Bertz CT molecular complexity index is 5650. The molecule has 6 heterocycles. The molecule has 0 radical (unpaired) electrons. The quantitative estimate of drug-likeness (QED) is 0.0308. The SMILES string of the molecule is COc1cc(C(C)(C)C)ccc1NCC#Cc1cc2c(NC3CCS(=O)(=O)CC3)cc(F)cc2n1CC(F)(F)F.COc1cc(S(C)(=O)=O)ccc1NCC#Cc1cc2c(NC3CCN(C)CC3)cc(Cl)cc2n1CC(F)(F)F.COc1cc(S(C)(=O)=O)ccc1NCC#Cc1cc2c(NC3CCOCC3)cc(F)cc2n1CC(F)(F)F. The first kappa shape index (κ1) is 89.5. The third kappa shape index (κ3) is 24.9. The molecule has 0 unspecified atom stereocenters. The lowest BCUT2D eigenvalue weighted by Gasteiger charge is -2.30. The molecule has 6 N–H and O–H groups in total. The first-order chi connectivity index (χ1) is 54.9. The zero-order chi connectivity index (χ0) is 85.2. The second-order valence-corrected chi connectivity index (χ2v) is 36.3. The van der Waals surface area contributed by atoms with E-state index in [-0.39, 0.29) is 98.3 Å². The summed E-state index contributed by atoms with van der Waals surface area (Å²) < 4.78 is 246. The van der Waals surface area contributed by atoms with Crippen LogP contribution in [0.5, 0.6) is 17.2 Å². The Kier molecular flexibility index (Phi) is 28.6. The van der Waals surface area contributed by atoms with Gasteiger partial charge in [-0.05, 0) is 178 Å². The highest BCUT2D eigenvalue weighted by molar-refractivity contribution is 7.91. The topological polar surface area (TPSA) is 230 Å². The normalized spacial score (nSPS) is 15.3. The summed E-state index contributed by atoms with van der Waals surface area (Å²) in [5, 5.41) is 20.8. The summed E-state index contributed by atoms with van der Waals surface area (Å²) in [5.74, 6) is 16.8. The summed E-state index contributed by atoms with van der Waals surface area (Å²) in [6.45, 7) is 5.63. The van der Waals surface area contributed by atoms with Crippen LogP contribution in [0, 0.1) is 47.2 Å². The van der Waals surface area contributed by atoms with Crippen molar-refractivity contribution in [2.45, 2.75) is 131 Å². The molecule has 12 rings (SSSR count). The number of nitrogens with one attached hydrogen (secondary N) is 6. The van der Waals surface area contributed by atoms with Crippen molar-refractivity contribution in [2.24, 2.45) is 0 Å². The Balaban J connectivity index is 0.000000185. The van der Waals surface area contributed by atoms with Crippen LogP contribution >= 0.6 is 11.6 Å². The number of sulfone groups is 3. The van der Waals surface area contributed by atoms with Gasteiger partial charge in [0.15, 0.2) is 19.7 Å². The number of likely N-dealkylation sites (tertiary alicyclic amines) is 1. The van der Waals surface area contributed by atoms with Gasteiger partial charge in [0.2, 0.25) is 0 Å². The fourth-order valence-corrected chi connectivity index (χ4v) is 16.6. The van der Waals surface area contributed by atoms with E-state index in [1.54, 1.807) is 25.3 Å². The zero-order valence-corrected chi connectivity index (χ0v) is 68.7. The lowest BCUT2D eigenvalue weighted by molar-refractivity contribution is -0.140. The van der Waals surface area contributed by atoms with Crippen LogP contribution in [0.1, 0.15) is 81.9 Å². The van der Waals surface area contributed by atoms with Crippen molar-refractivity contribution in [3.63, 3.8) is 0 Å². The first-order valence-corrected chi connectivity index (χ1v) is 43.0. The highest BCUT2D eigenvalue weighted by Crippen LogP contribution is 2.39. The number of piperidine rings is 1. The van der Waals surface area contributed by atoms with Crippen molar-refractivity contribution in [2.75, 3.05) is 130 Å². The standard InChI is InChI=1S/C29H33F4N3O3S.C27H30ClF3N4O3S.C26H27F4N3O4S/c1-28(2,3)19-7-8-24(27(14-19)39-4)34-11-5-6-22-17-23-25(35-21-9-12-40(37,38)13-10-21)15-20(30)16-26(23)36(22)18-29(31,32)33;1-34-11-8-19(9-12-34)33-24-13-18(28)14-25-22(24)15-20(35(25)17-27(29,30)31)5-4-10-32-23-7-6-21(39(3,36)37)16-26(23)38-2;1-36-25-15-20(38(2,34)35)5-6-22(25)31-9-3-4-19-14-21-23(32-18-7-10-37-11-8-18)12-17(27)13-24(21)33(19)16-26(28,29)30/h7-8,14-17,21,34-35H,9-13,18H2,1-4H3;6-7,13-16,19,32-33H,8-12,17H2,1-3H3;5-6,12-15,18,31-32H,7-11,16H2,1-2H3. The van der Waals surface area contributed by atoms with E-state index in [1.807, 2.05) is 18.2 Å². The van der Waals surface area contributed by atoms with Crippen LogP contribution in [0.2, 0.25) is 5.02 Å². The van der Waals surface area contributed by atoms with Gasteiger partial charge in [0.05, 0.1) is 113 Å². The molecule has 20 nitrogen and oxygen atoms in total. The van der Waals surface area contributed by atoms with Gasteiger partial charge < -0.3 is 69.4 Å². The number of methoxy groups -OCH3 is 3. The van der Waals surface area contributed by atoms with Crippen LogP contribution in [0.3, 0.4) is 0 Å². The summed E-state index contributed by atoms with van der Waals surface area (Å²) in [7, 11) is -3.52. The third-order valence-corrected chi connectivity index (χ3v) is 23.7. The Hall–Kier alpha value is -9.89. The summed E-state index contributed by atoms with van der Waals surface area (Å²) in [5.41, 5.74) is 4.96. The minimum atomic E-state index is -4.56. The molecule has 0 bridgehead atoms. The van der Waals surface area contributed by atoms with Crippen LogP contribution in [0.4, 0.5) is 82.4 Å². The molecule has 117 heavy (non-hydrogen) atoms. The van der Waals surface area contributed by atoms with Crippen molar-refractivity contribution in [1.29, 1.82) is 0 Å². The van der Waals surface area contributed by atoms with Gasteiger partial charge >= 0.3 is 18.5 Å². The van der Waals surface area contributed by atoms with Crippen LogP contribution in [-0.4, -0.2) is 179 Å². The van der Waals surface area contributed by atoms with Gasteiger partial charge in [-0.15, -0.1) is 0 Å². The van der Waals surface area contributed by atoms with E-state index in [2.05, 4.69) is 100 Å². The van der Waals surface area contributed by atoms with Gasteiger partial charge in [0.1, 0.15) is 58.4 Å². The van der Waals surface area contributed by atoms with E-state index in [9.17, 15) is 73.5 Å². The number of ether oxygens (including phenoxy) is 4. The van der Waals surface area contributed by atoms with Crippen molar-refractivity contribution < 1.29 is 92.5 Å². The predicted octanol–water partition coefficient (Wildman–Crippen LogP) is 16.1. The van der Waals surface area contributed by atoms with Crippen LogP contribution < -0.4 is 46.1 Å². The highest BCUT2D eigenvalue weighted by atomic mass is 35.5. The first-order valence-electron chi connectivity index (χ1n) is 37.0. The lowest BCUT2D eigenvalue weighted by Crippen LogP contribution is -2.36. The number of anilines is 6. The third-order valence-electron chi connectivity index (χ3n) is 19.6. The number of hydrogen-bond donors (Lipinski definition) is 6. The maximum Gasteiger partial charge on any atom is 0.406 e. The molecule has 6 aromatic carbocycles. The molecular formula is C82H90ClF11N10O10S3. The summed E-state index contributed by atoms with van der Waals surface area (Å²) in [6.07, 6.45) is -7.47. The molecule has 3 fully saturated rings. The van der Waals surface area contributed by atoms with Crippen molar-refractivity contribution >= 4 is 108 Å². The summed E-state index contributed by atoms with van der Waals surface area (Å²) in [6, 6.07) is 27.0. The van der Waals surface area contributed by atoms with Gasteiger partial charge in [0, 0.05) is 94.2 Å². The number of hydrogen-bond acceptors (Lipinski definition) is 17. The van der Waals surface area contributed by atoms with Gasteiger partial charge in [-0.1, -0.05) is 56.2 Å². The number of benzene rings is 6. The Labute approximate surface area is 677 Å². The summed E-state index contributed by atoms with van der Waals surface area (Å²) >= 11 is 6.34. The fourth-order valence-electron chi connectivity index (χ4n) is 13.6. The second-order valence-electron chi connectivity index (χ2n) is 29.6. The van der Waals surface area contributed by atoms with E-state index < -0.39 is 79.3 Å². The van der Waals surface area contributed by atoms with E-state index >= 15 is 0 Å². The highest BCUT2D eigenvalue weighted by Gasteiger charge is 2.34. The average molecular weight is 1720 g/mol. The minimum Gasteiger partial charge on any atom is -0.495 e. The summed E-state index contributed by atoms with van der Waals surface area (Å²) in [4.78, 5) is 2.43. The van der Waals surface area contributed by atoms with Crippen molar-refractivity contribution in [3.05, 3.63) is 148 Å². The molecule has 630 valence electrons. The molecule has 0 amide bonds. The van der Waals surface area contributed by atoms with Crippen LogP contribution in [0.15, 0.2) is 119 Å². The molecule has 0 aliphatic carbocycles. The molecule has 35 heteroatoms. The van der Waals surface area contributed by atoms with E-state index in [0.717, 1.165) is 69.8 Å². The lowest BCUT2D eigenvalue weighted by atomic mass is 9.87. The van der Waals surface area contributed by atoms with Crippen LogP contribution in [-0.2, 0) is 59.3 Å². The number of nitrogens with zero attached hydrogens (tertiary/aromatic N) is 4. The van der Waals surface area contributed by atoms with Gasteiger partial charge in [-0.3, -0.25) is 0 Å². The van der Waals surface area contributed by atoms with E-state index in [1.165, 1.54) is 74.9 Å². The Morgan fingerprint density at radius 1 is 0.479 bits per heavy atom. The Morgan fingerprint density at radius 3 is 1.20 bits per heavy atom. The van der Waals surface area contributed by atoms with Crippen molar-refractivity contribution in [1.82, 2.24) is 18.6 Å². The molecule has 3 aromatic heterocycles. The molecule has 3 saturated heterocycles. The molecule has 9 aromatic rings. The molecule has 0 atom stereocenters. The van der Waals surface area contributed by atoms with E-state index in [4.69, 9.17) is 30.5 Å². The number of aromatic nitrogens is 3. The number of rotatable bonds is 20. The molecule has 3 aliphatic heterocycles. The fraction of sp³-hybridized carbons (Fsp3) is 0.415. The molecule has 0 saturated carbocycles. The Morgan fingerprint density at radius 2 is 0.829 bits per heavy atom. The number of fused-ring (bicyclic) bond motifs is 3. The van der Waals surface area contributed by atoms with E-state index in [0.29, 0.717) is 111 Å². The van der Waals surface area contributed by atoms with Gasteiger partial charge in [0.25, 0.3) is 0 Å². The predicted molar refractivity (Wildman–Crippen MR) is 436 cm³/mol. The smallest absolute Gasteiger partial charge is 0.406 e. The molecule has 0 spiro atoms. The molecule has 3 aliphatic rings. The minimum absolute atomic E-state index is 0.00561. The van der Waals surface area contributed by atoms with Crippen LogP contribution in [0.25, 0.3) is 32.7 Å². The zero-order valence-electron chi connectivity index (χ0n) is 65.5. The monoisotopic (exact) mass is 1710 g/mol. The maximum atomic E-state index is 14.6. The van der Waals surface area contributed by atoms with Gasteiger partial charge in [-0.25, -0.2) is 34.0 Å². The number of alkyl halides is 9. The van der Waals surface area contributed by atoms with Gasteiger partial charge in [-0.2, -0.15) is 39.5 Å². The maximum absolute atomic E-state index is 14.6. The average Bonchev–Trinajstić information content (AvgIpc) is 1.63. The molecular weight excluding hydrogens is 1630 g/mol.